The quantitative estimate of drug-likeness (QED) is 0.0250. The van der Waals surface area contributed by atoms with Gasteiger partial charge < -0.3 is 43.6 Å². The number of oxime groups is 1. The van der Waals surface area contributed by atoms with Crippen molar-refractivity contribution in [3.8, 4) is 28.7 Å². The number of allylic oxidation sites excluding steroid dienone is 1. The first-order valence-electron chi connectivity index (χ1n) is 23.6. The smallest absolute Gasteiger partial charge is 0.269 e. The van der Waals surface area contributed by atoms with Crippen molar-refractivity contribution in [2.75, 3.05) is 26.6 Å². The fraction of sp³-hybridized carbons (Fsp3) is 0.415. The predicted molar refractivity (Wildman–Crippen MR) is 251 cm³/mol. The molecule has 0 aromatic heterocycles. The summed E-state index contributed by atoms with van der Waals surface area (Å²) in [6, 6.07) is 23.8. The fourth-order valence-corrected chi connectivity index (χ4v) is 10.5. The highest BCUT2D eigenvalue weighted by Gasteiger charge is 2.66. The van der Waals surface area contributed by atoms with E-state index in [9.17, 15) is 25.1 Å². The van der Waals surface area contributed by atoms with Crippen molar-refractivity contribution in [1.82, 2.24) is 4.90 Å². The van der Waals surface area contributed by atoms with Crippen molar-refractivity contribution in [3.63, 3.8) is 0 Å². The number of hydrogen-bond acceptors (Lipinski definition) is 13. The number of carbonyl (C=O) groups excluding carboxylic acids is 2. The van der Waals surface area contributed by atoms with Crippen LogP contribution < -0.4 is 18.9 Å². The van der Waals surface area contributed by atoms with Crippen LogP contribution in [0.2, 0.25) is 0 Å². The van der Waals surface area contributed by atoms with Crippen LogP contribution in [0.5, 0.6) is 28.7 Å². The number of aliphatic hydroxyl groups is 2. The first-order valence-corrected chi connectivity index (χ1v) is 23.6. The third-order valence-electron chi connectivity index (χ3n) is 13.8. The number of aliphatic hydroxyl groups excluding tert-OH is 2. The van der Waals surface area contributed by atoms with Crippen LogP contribution in [0.25, 0.3) is 0 Å². The Balaban J connectivity index is 1.22. The Morgan fingerprint density at radius 2 is 1.66 bits per heavy atom. The van der Waals surface area contributed by atoms with Crippen molar-refractivity contribution in [3.05, 3.63) is 142 Å². The number of nitro benzene ring substituents is 1. The molecule has 2 heterocycles. The van der Waals surface area contributed by atoms with Crippen LogP contribution in [-0.4, -0.2) is 76.4 Å². The molecule has 15 heteroatoms. The minimum Gasteiger partial charge on any atom is -0.459 e. The predicted octanol–water partition coefficient (Wildman–Crippen LogP) is 9.20. The van der Waals surface area contributed by atoms with Gasteiger partial charge in [-0.2, -0.15) is 0 Å². The van der Waals surface area contributed by atoms with Crippen LogP contribution in [0.1, 0.15) is 90.8 Å². The third kappa shape index (κ3) is 9.73. The van der Waals surface area contributed by atoms with Gasteiger partial charge >= 0.3 is 0 Å². The second-order valence-electron chi connectivity index (χ2n) is 18.2. The molecule has 0 saturated heterocycles. The molecule has 5 aliphatic rings. The van der Waals surface area contributed by atoms with Gasteiger partial charge in [0.15, 0.2) is 11.5 Å². The van der Waals surface area contributed by atoms with Gasteiger partial charge in [0.1, 0.15) is 36.2 Å². The lowest BCUT2D eigenvalue weighted by molar-refractivity contribution is -0.384. The Morgan fingerprint density at radius 3 is 2.41 bits per heavy atom. The maximum Gasteiger partial charge on any atom is 0.269 e. The van der Waals surface area contributed by atoms with Crippen LogP contribution >= 0.6 is 0 Å². The Morgan fingerprint density at radius 1 is 0.912 bits per heavy atom. The minimum absolute atomic E-state index is 0.0114. The summed E-state index contributed by atoms with van der Waals surface area (Å²) in [6.45, 7) is 4.60. The molecule has 2 saturated carbocycles. The van der Waals surface area contributed by atoms with E-state index in [1.54, 1.807) is 42.5 Å². The standard InChI is InChI=1S/C53H57N3O12/c1-2-24-65-53-49(55(52(60)37-15-16-37)30-35-14-20-47-48(26-35)64-33-63-47)29-45(54-66-32-34-12-17-39(18-13-34)56(61)62)43-27-38(9-3-5-22-57)42(11-4-6-23-58)50(51(43)53)44-28-41(19-21-46(44)68-53)67-40-10-7-8-36(25-40)31-59/h2,7-8,10,12-14,17-21,25-28,31,37-38,42,49-51,57-58H,1,3-6,9,11,15-16,22-24,29-30,32-33H2. The third-order valence-corrected chi connectivity index (χ3v) is 13.8. The number of unbranched alkanes of at least 4 members (excludes halogenated alkanes) is 2. The molecule has 6 atom stereocenters. The van der Waals surface area contributed by atoms with Gasteiger partial charge in [0.25, 0.3) is 5.69 Å². The maximum atomic E-state index is 15.0. The largest absolute Gasteiger partial charge is 0.459 e. The molecule has 2 N–H and O–H groups in total. The van der Waals surface area contributed by atoms with Gasteiger partial charge in [0.2, 0.25) is 18.5 Å². The molecule has 2 fully saturated rings. The van der Waals surface area contributed by atoms with E-state index < -0.39 is 22.7 Å². The Labute approximate surface area is 395 Å². The summed E-state index contributed by atoms with van der Waals surface area (Å²) in [6.07, 6.45) is 10.7. The number of hydrogen-bond donors (Lipinski definition) is 2. The summed E-state index contributed by atoms with van der Waals surface area (Å²) in [5.74, 6) is 0.224. The number of amides is 1. The van der Waals surface area contributed by atoms with Crippen molar-refractivity contribution in [2.45, 2.75) is 88.7 Å². The molecule has 9 rings (SSSR count). The average Bonchev–Trinajstić information content (AvgIpc) is 4.10. The molecule has 68 heavy (non-hydrogen) atoms. The minimum atomic E-state index is -1.48. The van der Waals surface area contributed by atoms with E-state index in [4.69, 9.17) is 33.7 Å². The molecule has 1 amide bonds. The number of ether oxygens (including phenoxy) is 5. The van der Waals surface area contributed by atoms with Crippen molar-refractivity contribution >= 4 is 23.6 Å². The maximum absolute atomic E-state index is 15.0. The van der Waals surface area contributed by atoms with Gasteiger partial charge in [-0.25, -0.2) is 0 Å². The molecule has 4 aromatic rings. The zero-order valence-corrected chi connectivity index (χ0v) is 37.9. The highest BCUT2D eigenvalue weighted by atomic mass is 16.7. The van der Waals surface area contributed by atoms with Crippen molar-refractivity contribution in [2.24, 2.45) is 28.8 Å². The van der Waals surface area contributed by atoms with Gasteiger partial charge in [0.05, 0.1) is 23.2 Å². The number of fused-ring (bicyclic) bond motifs is 3. The summed E-state index contributed by atoms with van der Waals surface area (Å²) < 4.78 is 32.5. The zero-order chi connectivity index (χ0) is 47.2. The van der Waals surface area contributed by atoms with Crippen LogP contribution in [0.15, 0.2) is 114 Å². The van der Waals surface area contributed by atoms with E-state index in [-0.39, 0.29) is 81.5 Å². The van der Waals surface area contributed by atoms with E-state index in [1.807, 2.05) is 41.3 Å². The van der Waals surface area contributed by atoms with E-state index in [2.05, 4.69) is 12.7 Å². The molecule has 0 bridgehead atoms. The molecule has 0 radical (unpaired) electrons. The Hall–Kier alpha value is -6.55. The number of non-ortho nitro benzene ring substituents is 1. The van der Waals surface area contributed by atoms with Gasteiger partial charge in [0, 0.05) is 61.3 Å². The molecular weight excluding hydrogens is 871 g/mol. The summed E-state index contributed by atoms with van der Waals surface area (Å²) in [7, 11) is 0. The fourth-order valence-electron chi connectivity index (χ4n) is 10.5. The first-order chi connectivity index (χ1) is 33.2. The van der Waals surface area contributed by atoms with Crippen molar-refractivity contribution < 1.29 is 53.2 Å². The normalized spacial score (nSPS) is 23.6. The number of nitrogens with zero attached hydrogens (tertiary/aromatic N) is 3. The molecule has 15 nitrogen and oxygen atoms in total. The molecule has 3 aliphatic carbocycles. The Kier molecular flexibility index (Phi) is 14.2. The molecule has 6 unspecified atom stereocenters. The molecule has 0 spiro atoms. The summed E-state index contributed by atoms with van der Waals surface area (Å²) in [5, 5.41) is 36.4. The van der Waals surface area contributed by atoms with Gasteiger partial charge in [-0.3, -0.25) is 19.7 Å². The average molecular weight is 928 g/mol. The topological polar surface area (TPSA) is 189 Å². The Bertz CT molecular complexity index is 2560. The van der Waals surface area contributed by atoms with Gasteiger partial charge in [-0.05, 0) is 122 Å². The number of aldehydes is 1. The number of carbonyl (C=O) groups is 2. The highest BCUT2D eigenvalue weighted by Crippen LogP contribution is 2.62. The number of rotatable bonds is 22. The summed E-state index contributed by atoms with van der Waals surface area (Å²) >= 11 is 0. The lowest BCUT2D eigenvalue weighted by atomic mass is 9.55. The van der Waals surface area contributed by atoms with Gasteiger partial charge in [-0.1, -0.05) is 48.3 Å². The lowest BCUT2D eigenvalue weighted by Gasteiger charge is -2.60. The van der Waals surface area contributed by atoms with Gasteiger partial charge in [-0.15, -0.1) is 6.58 Å². The van der Waals surface area contributed by atoms with Crippen LogP contribution in [-0.2, 0) is 27.5 Å². The van der Waals surface area contributed by atoms with Crippen molar-refractivity contribution in [1.29, 1.82) is 0 Å². The summed E-state index contributed by atoms with van der Waals surface area (Å²) in [5.41, 5.74) is 4.33. The molecule has 356 valence electrons. The van der Waals surface area contributed by atoms with Crippen LogP contribution in [0.3, 0.4) is 0 Å². The lowest BCUT2D eigenvalue weighted by Crippen LogP contribution is -2.70. The SMILES string of the molecule is C=CCOC12Oc3ccc(Oc4cccc(C=O)c4)cc3C3C(CCCCO)C(CCCCO)C=C(C(=NOCc4ccc([N+](=O)[O-])cc4)CC1N(Cc1ccc4c(c1)OCO4)C(=O)C1CC1)C32. The first kappa shape index (κ1) is 46.6. The van der Waals surface area contributed by atoms with E-state index in [0.717, 1.165) is 61.5 Å². The number of benzene rings is 4. The second kappa shape index (κ2) is 20.8. The highest BCUT2D eigenvalue weighted by molar-refractivity contribution is 6.03. The molecule has 4 aromatic carbocycles. The van der Waals surface area contributed by atoms with E-state index >= 15 is 4.79 Å². The van der Waals surface area contributed by atoms with Crippen LogP contribution in [0, 0.1) is 33.8 Å². The summed E-state index contributed by atoms with van der Waals surface area (Å²) in [4.78, 5) is 45.9. The van der Waals surface area contributed by atoms with Crippen LogP contribution in [0.4, 0.5) is 5.69 Å². The van der Waals surface area contributed by atoms with E-state index in [0.29, 0.717) is 58.4 Å². The molecular formula is C53H57N3O12. The number of nitro groups is 1. The van der Waals surface area contributed by atoms with E-state index in [1.165, 1.54) is 12.1 Å². The zero-order valence-electron chi connectivity index (χ0n) is 37.9. The second-order valence-corrected chi connectivity index (χ2v) is 18.2. The molecule has 2 aliphatic heterocycles. The monoisotopic (exact) mass is 927 g/mol.